The third-order valence-corrected chi connectivity index (χ3v) is 4.52. The molecule has 2 rings (SSSR count). The predicted molar refractivity (Wildman–Crippen MR) is 122 cm³/mol. The van der Waals surface area contributed by atoms with E-state index >= 15 is 0 Å². The summed E-state index contributed by atoms with van der Waals surface area (Å²) in [6.45, 7) is 9.30. The fraction of sp³-hybridized carbons (Fsp3) is 0.304. The van der Waals surface area contributed by atoms with E-state index in [1.807, 2.05) is 45.9 Å². The van der Waals surface area contributed by atoms with Gasteiger partial charge < -0.3 is 15.4 Å². The number of ether oxygens (including phenoxy) is 1. The van der Waals surface area contributed by atoms with E-state index in [-0.39, 0.29) is 12.3 Å². The van der Waals surface area contributed by atoms with Gasteiger partial charge in [-0.25, -0.2) is 5.43 Å². The van der Waals surface area contributed by atoms with Gasteiger partial charge >= 0.3 is 11.8 Å². The Bertz CT molecular complexity index is 1020. The number of nitrogens with one attached hydrogen (secondary N) is 3. The first-order valence-corrected chi connectivity index (χ1v) is 9.77. The average Bonchev–Trinajstić information content (AvgIpc) is 2.69. The Labute approximate surface area is 182 Å². The van der Waals surface area contributed by atoms with Crippen LogP contribution in [0.5, 0.6) is 5.75 Å². The zero-order valence-electron chi connectivity index (χ0n) is 18.7. The van der Waals surface area contributed by atoms with Gasteiger partial charge in [-0.05, 0) is 63.4 Å². The minimum Gasteiger partial charge on any atom is -0.495 e. The lowest BCUT2D eigenvalue weighted by atomic mass is 10.0. The van der Waals surface area contributed by atoms with E-state index in [1.54, 1.807) is 19.1 Å². The normalized spacial score (nSPS) is 11.0. The van der Waals surface area contributed by atoms with Crippen molar-refractivity contribution in [3.63, 3.8) is 0 Å². The van der Waals surface area contributed by atoms with E-state index in [9.17, 15) is 14.4 Å². The number of hydrazone groups is 1. The molecule has 0 aliphatic heterocycles. The minimum atomic E-state index is -0.950. The second kappa shape index (κ2) is 10.4. The molecule has 8 heteroatoms. The lowest BCUT2D eigenvalue weighted by Gasteiger charge is -2.13. The summed E-state index contributed by atoms with van der Waals surface area (Å²) in [5.41, 5.74) is 7.63. The summed E-state index contributed by atoms with van der Waals surface area (Å²) in [4.78, 5) is 36.5. The van der Waals surface area contributed by atoms with Crippen LogP contribution >= 0.6 is 0 Å². The van der Waals surface area contributed by atoms with Crippen molar-refractivity contribution in [1.29, 1.82) is 0 Å². The Kier molecular flexibility index (Phi) is 7.90. The number of aryl methyl sites for hydroxylation is 4. The van der Waals surface area contributed by atoms with Gasteiger partial charge in [-0.15, -0.1) is 0 Å². The molecule has 3 amide bonds. The van der Waals surface area contributed by atoms with Gasteiger partial charge in [0.05, 0.1) is 19.2 Å². The van der Waals surface area contributed by atoms with Gasteiger partial charge in [-0.1, -0.05) is 23.8 Å². The van der Waals surface area contributed by atoms with E-state index in [0.29, 0.717) is 17.1 Å². The van der Waals surface area contributed by atoms with Gasteiger partial charge in [0.25, 0.3) is 0 Å². The average molecular weight is 425 g/mol. The highest BCUT2D eigenvalue weighted by Gasteiger charge is 2.16. The standard InChI is InChI=1S/C23H28N4O4/c1-13-7-8-19(31-6)18(11-13)24-22(29)23(30)27-26-17(5)12-20(28)25-21-15(3)9-14(2)10-16(21)4/h7-11H,12H2,1-6H3,(H,24,29)(H,25,28)(H,27,30). The van der Waals surface area contributed by atoms with Crippen molar-refractivity contribution in [3.05, 3.63) is 52.6 Å². The number of benzene rings is 2. The molecule has 0 atom stereocenters. The molecule has 0 aliphatic carbocycles. The number of nitrogens with zero attached hydrogens (tertiary/aromatic N) is 1. The highest BCUT2D eigenvalue weighted by Crippen LogP contribution is 2.25. The lowest BCUT2D eigenvalue weighted by molar-refractivity contribution is -0.136. The maximum Gasteiger partial charge on any atom is 0.329 e. The molecule has 0 spiro atoms. The van der Waals surface area contributed by atoms with Crippen molar-refractivity contribution < 1.29 is 19.1 Å². The van der Waals surface area contributed by atoms with Gasteiger partial charge in [-0.3, -0.25) is 14.4 Å². The first kappa shape index (κ1) is 23.6. The van der Waals surface area contributed by atoms with E-state index in [0.717, 1.165) is 27.9 Å². The van der Waals surface area contributed by atoms with Crippen molar-refractivity contribution in [2.24, 2.45) is 5.10 Å². The van der Waals surface area contributed by atoms with Crippen LogP contribution in [-0.4, -0.2) is 30.5 Å². The molecule has 8 nitrogen and oxygen atoms in total. The third kappa shape index (κ3) is 6.67. The summed E-state index contributed by atoms with van der Waals surface area (Å²) in [5, 5.41) is 9.22. The topological polar surface area (TPSA) is 109 Å². The fourth-order valence-corrected chi connectivity index (χ4v) is 3.13. The van der Waals surface area contributed by atoms with Crippen LogP contribution in [0.3, 0.4) is 0 Å². The summed E-state index contributed by atoms with van der Waals surface area (Å²) >= 11 is 0. The second-order valence-corrected chi connectivity index (χ2v) is 7.44. The molecule has 164 valence electrons. The third-order valence-electron chi connectivity index (χ3n) is 4.52. The molecule has 0 aliphatic rings. The lowest BCUT2D eigenvalue weighted by Crippen LogP contribution is -2.33. The number of methoxy groups -OCH3 is 1. The highest BCUT2D eigenvalue weighted by molar-refractivity contribution is 6.39. The summed E-state index contributed by atoms with van der Waals surface area (Å²) in [6, 6.07) is 9.20. The molecule has 2 aromatic rings. The maximum atomic E-state index is 12.3. The quantitative estimate of drug-likeness (QED) is 0.375. The van der Waals surface area contributed by atoms with Crippen molar-refractivity contribution >= 4 is 34.8 Å². The monoisotopic (exact) mass is 424 g/mol. The zero-order valence-corrected chi connectivity index (χ0v) is 18.7. The van der Waals surface area contributed by atoms with Crippen molar-refractivity contribution in [2.45, 2.75) is 41.0 Å². The van der Waals surface area contributed by atoms with Crippen LogP contribution in [0.25, 0.3) is 0 Å². The van der Waals surface area contributed by atoms with Crippen LogP contribution in [0.15, 0.2) is 35.4 Å². The summed E-state index contributed by atoms with van der Waals surface area (Å²) in [6.07, 6.45) is -0.0274. The van der Waals surface area contributed by atoms with Gasteiger partial charge in [-0.2, -0.15) is 5.10 Å². The molecule has 0 radical (unpaired) electrons. The molecule has 3 N–H and O–H groups in total. The van der Waals surface area contributed by atoms with Crippen LogP contribution < -0.4 is 20.8 Å². The van der Waals surface area contributed by atoms with Gasteiger partial charge in [0.1, 0.15) is 5.75 Å². The Balaban J connectivity index is 1.94. The molecule has 31 heavy (non-hydrogen) atoms. The molecule has 2 aromatic carbocycles. The SMILES string of the molecule is COc1ccc(C)cc1NC(=O)C(=O)NN=C(C)CC(=O)Nc1c(C)cc(C)cc1C. The van der Waals surface area contributed by atoms with E-state index < -0.39 is 11.8 Å². The van der Waals surface area contributed by atoms with Crippen LogP contribution in [0, 0.1) is 27.7 Å². The highest BCUT2D eigenvalue weighted by atomic mass is 16.5. The summed E-state index contributed by atoms with van der Waals surface area (Å²) < 4.78 is 5.18. The predicted octanol–water partition coefficient (Wildman–Crippen LogP) is 3.39. The van der Waals surface area contributed by atoms with Crippen molar-refractivity contribution in [3.8, 4) is 5.75 Å². The number of carbonyl (C=O) groups excluding carboxylic acids is 3. The van der Waals surface area contributed by atoms with E-state index in [2.05, 4.69) is 21.2 Å². The Morgan fingerprint density at radius 3 is 2.16 bits per heavy atom. The van der Waals surface area contributed by atoms with Gasteiger partial charge in [0, 0.05) is 11.4 Å². The Morgan fingerprint density at radius 2 is 1.55 bits per heavy atom. The summed E-state index contributed by atoms with van der Waals surface area (Å²) in [5.74, 6) is -1.67. The molecule has 0 unspecified atom stereocenters. The van der Waals surface area contributed by atoms with Crippen LogP contribution in [0.4, 0.5) is 11.4 Å². The molecule has 0 bridgehead atoms. The van der Waals surface area contributed by atoms with Gasteiger partial charge in [0.2, 0.25) is 5.91 Å². The summed E-state index contributed by atoms with van der Waals surface area (Å²) in [7, 11) is 1.47. The Morgan fingerprint density at radius 1 is 0.903 bits per heavy atom. The Hall–Kier alpha value is -3.68. The van der Waals surface area contributed by atoms with Gasteiger partial charge in [0.15, 0.2) is 0 Å². The maximum absolute atomic E-state index is 12.3. The van der Waals surface area contributed by atoms with E-state index in [4.69, 9.17) is 4.74 Å². The van der Waals surface area contributed by atoms with Crippen LogP contribution in [-0.2, 0) is 14.4 Å². The van der Waals surface area contributed by atoms with Crippen LogP contribution in [0.1, 0.15) is 35.6 Å². The largest absolute Gasteiger partial charge is 0.495 e. The fourth-order valence-electron chi connectivity index (χ4n) is 3.13. The number of hydrogen-bond donors (Lipinski definition) is 3. The number of carbonyl (C=O) groups is 3. The molecule has 0 saturated carbocycles. The van der Waals surface area contributed by atoms with E-state index in [1.165, 1.54) is 7.11 Å². The smallest absolute Gasteiger partial charge is 0.329 e. The van der Waals surface area contributed by atoms with Crippen molar-refractivity contribution in [2.75, 3.05) is 17.7 Å². The second-order valence-electron chi connectivity index (χ2n) is 7.44. The number of hydrogen-bond acceptors (Lipinski definition) is 5. The molecule has 0 fully saturated rings. The molecule has 0 saturated heterocycles. The number of amides is 3. The number of rotatable bonds is 6. The molecular formula is C23H28N4O4. The molecule has 0 aromatic heterocycles. The molecule has 0 heterocycles. The number of anilines is 2. The zero-order chi connectivity index (χ0) is 23.1. The van der Waals surface area contributed by atoms with Crippen molar-refractivity contribution in [1.82, 2.24) is 5.43 Å². The minimum absolute atomic E-state index is 0.0274. The molecular weight excluding hydrogens is 396 g/mol. The first-order valence-electron chi connectivity index (χ1n) is 9.77. The van der Waals surface area contributed by atoms with Crippen LogP contribution in [0.2, 0.25) is 0 Å². The first-order chi connectivity index (χ1) is 14.6.